The lowest BCUT2D eigenvalue weighted by Crippen LogP contribution is -2.49. The van der Waals surface area contributed by atoms with Gasteiger partial charge in [-0.25, -0.2) is 0 Å². The summed E-state index contributed by atoms with van der Waals surface area (Å²) in [6.07, 6.45) is 0.305. The Morgan fingerprint density at radius 2 is 1.72 bits per heavy atom. The average Bonchev–Trinajstić information content (AvgIpc) is 2.64. The van der Waals surface area contributed by atoms with Crippen LogP contribution in [0.15, 0.2) is 54.6 Å². The van der Waals surface area contributed by atoms with Crippen LogP contribution in [0.2, 0.25) is 0 Å². The van der Waals surface area contributed by atoms with Gasteiger partial charge in [0.1, 0.15) is 0 Å². The molecule has 0 saturated heterocycles. The van der Waals surface area contributed by atoms with E-state index < -0.39 is 0 Å². The van der Waals surface area contributed by atoms with Crippen LogP contribution in [0, 0.1) is 0 Å². The largest absolute Gasteiger partial charge is 0.295 e. The predicted molar refractivity (Wildman–Crippen MR) is 98.2 cm³/mol. The molecule has 0 bridgehead atoms. The molecule has 4 heteroatoms. The van der Waals surface area contributed by atoms with Crippen LogP contribution in [-0.2, 0) is 17.8 Å². The first-order valence-electron chi connectivity index (χ1n) is 8.80. The summed E-state index contributed by atoms with van der Waals surface area (Å²) in [7, 11) is 0. The van der Waals surface area contributed by atoms with E-state index in [1.54, 1.807) is 0 Å². The van der Waals surface area contributed by atoms with E-state index in [4.69, 9.17) is 0 Å². The fourth-order valence-electron chi connectivity index (χ4n) is 3.36. The van der Waals surface area contributed by atoms with Gasteiger partial charge in [0.2, 0.25) is 5.91 Å². The Bertz CT molecular complexity index is 758. The molecule has 0 spiro atoms. The van der Waals surface area contributed by atoms with Crippen LogP contribution in [0.1, 0.15) is 35.3 Å². The van der Waals surface area contributed by atoms with Crippen molar-refractivity contribution in [3.8, 4) is 0 Å². The molecule has 0 N–H and O–H groups in total. The van der Waals surface area contributed by atoms with Gasteiger partial charge in [0.05, 0.1) is 6.42 Å². The van der Waals surface area contributed by atoms with Crippen molar-refractivity contribution in [1.29, 1.82) is 0 Å². The third-order valence-corrected chi connectivity index (χ3v) is 4.84. The molecular weight excluding hydrogens is 312 g/mol. The van der Waals surface area contributed by atoms with Crippen LogP contribution in [0.3, 0.4) is 0 Å². The van der Waals surface area contributed by atoms with E-state index in [0.29, 0.717) is 18.5 Å². The second kappa shape index (κ2) is 7.62. The highest BCUT2D eigenvalue weighted by atomic mass is 16.2. The summed E-state index contributed by atoms with van der Waals surface area (Å²) in [4.78, 5) is 28.9. The smallest absolute Gasteiger partial charge is 0.260 e. The van der Waals surface area contributed by atoms with Gasteiger partial charge >= 0.3 is 0 Å². The lowest BCUT2D eigenvalue weighted by Gasteiger charge is -2.34. The first kappa shape index (κ1) is 17.4. The van der Waals surface area contributed by atoms with Crippen molar-refractivity contribution in [2.24, 2.45) is 0 Å². The molecule has 25 heavy (non-hydrogen) atoms. The summed E-state index contributed by atoms with van der Waals surface area (Å²) in [6.45, 7) is 6.28. The van der Waals surface area contributed by atoms with Crippen LogP contribution < -0.4 is 0 Å². The molecule has 2 aromatic carbocycles. The minimum absolute atomic E-state index is 0.100. The number of carbonyl (C=O) groups excluding carboxylic acids is 2. The molecule has 0 aromatic heterocycles. The number of hydrogen-bond acceptors (Lipinski definition) is 3. The Labute approximate surface area is 149 Å². The van der Waals surface area contributed by atoms with Crippen LogP contribution in [0.4, 0.5) is 0 Å². The van der Waals surface area contributed by atoms with Crippen LogP contribution >= 0.6 is 0 Å². The summed E-state index contributed by atoms with van der Waals surface area (Å²) in [5, 5.41) is 0. The molecule has 130 valence electrons. The van der Waals surface area contributed by atoms with Gasteiger partial charge < -0.3 is 0 Å². The SMILES string of the molecule is CCN(Cc1ccccc1)[C@@H](C)CN1C(=O)Cc2ccccc2C1=O. The van der Waals surface area contributed by atoms with Crippen molar-refractivity contribution >= 4 is 11.8 Å². The molecule has 0 unspecified atom stereocenters. The Hall–Kier alpha value is -2.46. The third-order valence-electron chi connectivity index (χ3n) is 4.84. The first-order chi connectivity index (χ1) is 12.1. The van der Waals surface area contributed by atoms with Crippen LogP contribution in [0.25, 0.3) is 0 Å². The van der Waals surface area contributed by atoms with Gasteiger partial charge in [-0.2, -0.15) is 0 Å². The number of rotatable bonds is 6. The Morgan fingerprint density at radius 3 is 2.44 bits per heavy atom. The van der Waals surface area contributed by atoms with Crippen molar-refractivity contribution in [2.45, 2.75) is 32.9 Å². The second-order valence-electron chi connectivity index (χ2n) is 6.54. The van der Waals surface area contributed by atoms with Crippen molar-refractivity contribution in [3.05, 3.63) is 71.3 Å². The molecule has 0 fully saturated rings. The molecule has 3 rings (SSSR count). The zero-order chi connectivity index (χ0) is 17.8. The maximum atomic E-state index is 12.7. The summed E-state index contributed by atoms with van der Waals surface area (Å²) >= 11 is 0. The van der Waals surface area contributed by atoms with E-state index in [9.17, 15) is 9.59 Å². The zero-order valence-corrected chi connectivity index (χ0v) is 14.8. The third kappa shape index (κ3) is 3.80. The van der Waals surface area contributed by atoms with Crippen molar-refractivity contribution < 1.29 is 9.59 Å². The van der Waals surface area contributed by atoms with Gasteiger partial charge in [0.25, 0.3) is 5.91 Å². The number of hydrogen-bond donors (Lipinski definition) is 0. The summed E-state index contributed by atoms with van der Waals surface area (Å²) in [5.74, 6) is -0.277. The van der Waals surface area contributed by atoms with E-state index >= 15 is 0 Å². The lowest BCUT2D eigenvalue weighted by molar-refractivity contribution is -0.129. The first-order valence-corrected chi connectivity index (χ1v) is 8.80. The Morgan fingerprint density at radius 1 is 1.04 bits per heavy atom. The quantitative estimate of drug-likeness (QED) is 0.761. The molecule has 1 heterocycles. The minimum atomic E-state index is -0.172. The van der Waals surface area contributed by atoms with Crippen molar-refractivity contribution in [2.75, 3.05) is 13.1 Å². The van der Waals surface area contributed by atoms with Crippen molar-refractivity contribution in [3.63, 3.8) is 0 Å². The number of carbonyl (C=O) groups is 2. The predicted octanol–water partition coefficient (Wildman–Crippen LogP) is 3.12. The molecular formula is C21H24N2O2. The molecule has 2 aromatic rings. The highest BCUT2D eigenvalue weighted by molar-refractivity contribution is 6.09. The average molecular weight is 336 g/mol. The van der Waals surface area contributed by atoms with Crippen LogP contribution in [0.5, 0.6) is 0 Å². The van der Waals surface area contributed by atoms with Gasteiger partial charge in [0.15, 0.2) is 0 Å². The highest BCUT2D eigenvalue weighted by Crippen LogP contribution is 2.20. The van der Waals surface area contributed by atoms with Gasteiger partial charge in [0, 0.05) is 24.7 Å². The van der Waals surface area contributed by atoms with E-state index in [1.165, 1.54) is 10.5 Å². The van der Waals surface area contributed by atoms with E-state index in [2.05, 4.69) is 30.9 Å². The molecule has 0 aliphatic carbocycles. The van der Waals surface area contributed by atoms with E-state index in [1.807, 2.05) is 42.5 Å². The number of likely N-dealkylation sites (N-methyl/N-ethyl adjacent to an activating group) is 1. The molecule has 0 radical (unpaired) electrons. The maximum absolute atomic E-state index is 12.7. The van der Waals surface area contributed by atoms with Gasteiger partial charge in [-0.3, -0.25) is 19.4 Å². The normalized spacial score (nSPS) is 15.4. The Kier molecular flexibility index (Phi) is 5.29. The molecule has 1 atom stereocenters. The topological polar surface area (TPSA) is 40.6 Å². The summed E-state index contributed by atoms with van der Waals surface area (Å²) < 4.78 is 0. The molecule has 1 aliphatic heterocycles. The maximum Gasteiger partial charge on any atom is 0.260 e. The zero-order valence-electron chi connectivity index (χ0n) is 14.8. The Balaban J connectivity index is 1.72. The van der Waals surface area contributed by atoms with Gasteiger partial charge in [-0.05, 0) is 30.7 Å². The fraction of sp³-hybridized carbons (Fsp3) is 0.333. The standard InChI is InChI=1S/C21H24N2O2/c1-3-22(15-17-9-5-4-6-10-17)16(2)14-23-20(24)13-18-11-7-8-12-19(18)21(23)25/h4-12,16H,3,13-15H2,1-2H3/t16-/m0/s1. The lowest BCUT2D eigenvalue weighted by atomic mass is 9.98. The van der Waals surface area contributed by atoms with E-state index in [0.717, 1.165) is 18.7 Å². The van der Waals surface area contributed by atoms with Crippen molar-refractivity contribution in [1.82, 2.24) is 9.80 Å². The highest BCUT2D eigenvalue weighted by Gasteiger charge is 2.32. The second-order valence-corrected chi connectivity index (χ2v) is 6.54. The minimum Gasteiger partial charge on any atom is -0.295 e. The van der Waals surface area contributed by atoms with Crippen LogP contribution in [-0.4, -0.2) is 40.7 Å². The summed E-state index contributed by atoms with van der Waals surface area (Å²) in [5.41, 5.74) is 2.72. The number of amides is 2. The number of benzene rings is 2. The summed E-state index contributed by atoms with van der Waals surface area (Å²) in [6, 6.07) is 17.8. The molecule has 1 aliphatic rings. The molecule has 2 amide bonds. The number of imide groups is 1. The van der Waals surface area contributed by atoms with Gasteiger partial charge in [-0.15, -0.1) is 0 Å². The number of fused-ring (bicyclic) bond motifs is 1. The molecule has 0 saturated carbocycles. The monoisotopic (exact) mass is 336 g/mol. The van der Waals surface area contributed by atoms with Gasteiger partial charge in [-0.1, -0.05) is 55.5 Å². The fourth-order valence-corrected chi connectivity index (χ4v) is 3.36. The van der Waals surface area contributed by atoms with E-state index in [-0.39, 0.29) is 17.9 Å². The molecule has 4 nitrogen and oxygen atoms in total. The number of nitrogens with zero attached hydrogens (tertiary/aromatic N) is 2.